The van der Waals surface area contributed by atoms with Gasteiger partial charge < -0.3 is 5.73 Å². The summed E-state index contributed by atoms with van der Waals surface area (Å²) in [5.74, 6) is 0. The van der Waals surface area contributed by atoms with Gasteiger partial charge in [0.15, 0.2) is 0 Å². The molecule has 0 amide bonds. The summed E-state index contributed by atoms with van der Waals surface area (Å²) in [6, 6.07) is 9.81. The highest BCUT2D eigenvalue weighted by Crippen LogP contribution is 2.27. The minimum atomic E-state index is 0.789. The predicted molar refractivity (Wildman–Crippen MR) is 59.3 cm³/mol. The smallest absolute Gasteiger partial charge is 0.112 e. The zero-order valence-corrected chi connectivity index (χ0v) is 8.08. The largest absolute Gasteiger partial charge is 0.398 e. The van der Waals surface area contributed by atoms with E-state index in [4.69, 9.17) is 5.73 Å². The van der Waals surface area contributed by atoms with Crippen LogP contribution in [0.4, 0.5) is 5.69 Å². The third kappa shape index (κ3) is 0.914. The Morgan fingerprint density at radius 1 is 1.00 bits per heavy atom. The number of hydrogen-bond donors (Lipinski definition) is 1. The third-order valence-corrected chi connectivity index (χ3v) is 2.86. The molecule has 2 N–H and O–H groups in total. The lowest BCUT2D eigenvalue weighted by Crippen LogP contribution is -1.86. The summed E-state index contributed by atoms with van der Waals surface area (Å²) in [4.78, 5) is 0. The second-order valence-corrected chi connectivity index (χ2v) is 3.67. The zero-order valence-electron chi connectivity index (χ0n) is 7.27. The predicted octanol–water partition coefficient (Wildman–Crippen LogP) is 2.43. The summed E-state index contributed by atoms with van der Waals surface area (Å²) in [7, 11) is 0. The van der Waals surface area contributed by atoms with Crippen molar-refractivity contribution in [3.8, 4) is 0 Å². The zero-order chi connectivity index (χ0) is 9.54. The Hall–Kier alpha value is -1.68. The highest BCUT2D eigenvalue weighted by atomic mass is 32.1. The first kappa shape index (κ1) is 7.70. The second kappa shape index (κ2) is 2.65. The molecule has 0 spiro atoms. The van der Waals surface area contributed by atoms with Crippen molar-refractivity contribution in [3.05, 3.63) is 30.3 Å². The molecular weight excluding hydrogens is 194 g/mol. The molecule has 2 aromatic carbocycles. The Balaban J connectivity index is 2.64. The van der Waals surface area contributed by atoms with E-state index in [1.165, 1.54) is 11.7 Å². The molecule has 0 aliphatic rings. The fraction of sp³-hybridized carbons (Fsp3) is 0. The van der Waals surface area contributed by atoms with Crippen molar-refractivity contribution in [2.45, 2.75) is 0 Å². The monoisotopic (exact) mass is 201 g/mol. The van der Waals surface area contributed by atoms with Gasteiger partial charge in [-0.2, -0.15) is 8.75 Å². The maximum absolute atomic E-state index is 5.87. The average Bonchev–Trinajstić information content (AvgIpc) is 2.66. The van der Waals surface area contributed by atoms with Crippen LogP contribution in [0.5, 0.6) is 0 Å². The summed E-state index contributed by atoms with van der Waals surface area (Å²) in [6.45, 7) is 0. The van der Waals surface area contributed by atoms with Gasteiger partial charge in [0.2, 0.25) is 0 Å². The first-order chi connectivity index (χ1) is 6.86. The number of anilines is 1. The van der Waals surface area contributed by atoms with Gasteiger partial charge in [0.25, 0.3) is 0 Å². The summed E-state index contributed by atoms with van der Waals surface area (Å²) in [5.41, 5.74) is 8.54. The fourth-order valence-electron chi connectivity index (χ4n) is 1.63. The molecule has 0 bridgehead atoms. The lowest BCUT2D eigenvalue weighted by molar-refractivity contribution is 1.67. The summed E-state index contributed by atoms with van der Waals surface area (Å²) in [6.07, 6.45) is 0. The number of hydrogen-bond acceptors (Lipinski definition) is 4. The van der Waals surface area contributed by atoms with Crippen LogP contribution in [-0.2, 0) is 0 Å². The SMILES string of the molecule is Nc1cccc2c1ccc1nsnc12. The molecule has 4 heteroatoms. The van der Waals surface area contributed by atoms with Crippen LogP contribution in [0, 0.1) is 0 Å². The molecule has 14 heavy (non-hydrogen) atoms. The molecule has 3 rings (SSSR count). The number of nitrogens with two attached hydrogens (primary N) is 1. The number of nitrogens with zero attached hydrogens (tertiary/aromatic N) is 2. The van der Waals surface area contributed by atoms with Gasteiger partial charge in [0, 0.05) is 16.5 Å². The van der Waals surface area contributed by atoms with Gasteiger partial charge in [-0.05, 0) is 18.2 Å². The van der Waals surface area contributed by atoms with Gasteiger partial charge in [-0.15, -0.1) is 0 Å². The van der Waals surface area contributed by atoms with E-state index in [9.17, 15) is 0 Å². The van der Waals surface area contributed by atoms with Crippen molar-refractivity contribution in [3.63, 3.8) is 0 Å². The summed E-state index contributed by atoms with van der Waals surface area (Å²) in [5, 5.41) is 2.13. The van der Waals surface area contributed by atoms with Crippen molar-refractivity contribution >= 4 is 39.2 Å². The molecule has 0 saturated heterocycles. The van der Waals surface area contributed by atoms with Crippen LogP contribution in [0.2, 0.25) is 0 Å². The van der Waals surface area contributed by atoms with E-state index < -0.39 is 0 Å². The van der Waals surface area contributed by atoms with Crippen molar-refractivity contribution in [2.75, 3.05) is 5.73 Å². The molecular formula is C10H7N3S. The molecule has 0 radical (unpaired) electrons. The van der Waals surface area contributed by atoms with E-state index in [-0.39, 0.29) is 0 Å². The maximum atomic E-state index is 5.87. The van der Waals surface area contributed by atoms with E-state index >= 15 is 0 Å². The quantitative estimate of drug-likeness (QED) is 0.568. The van der Waals surface area contributed by atoms with Gasteiger partial charge in [0.1, 0.15) is 11.0 Å². The molecule has 0 aliphatic carbocycles. The highest BCUT2D eigenvalue weighted by Gasteiger charge is 2.04. The first-order valence-electron chi connectivity index (χ1n) is 4.26. The molecule has 68 valence electrons. The Bertz CT molecular complexity index is 615. The molecule has 0 saturated carbocycles. The molecule has 0 aliphatic heterocycles. The summed E-state index contributed by atoms with van der Waals surface area (Å²) >= 11 is 1.23. The Morgan fingerprint density at radius 2 is 1.93 bits per heavy atom. The van der Waals surface area contributed by atoms with Crippen molar-refractivity contribution in [2.24, 2.45) is 0 Å². The molecule has 0 atom stereocenters. The number of benzene rings is 2. The van der Waals surface area contributed by atoms with Crippen LogP contribution in [-0.4, -0.2) is 8.75 Å². The summed E-state index contributed by atoms with van der Waals surface area (Å²) < 4.78 is 8.45. The normalized spacial score (nSPS) is 11.1. The molecule has 1 aromatic heterocycles. The van der Waals surface area contributed by atoms with Gasteiger partial charge in [0.05, 0.1) is 11.7 Å². The van der Waals surface area contributed by atoms with E-state index in [1.807, 2.05) is 30.3 Å². The van der Waals surface area contributed by atoms with Crippen molar-refractivity contribution in [1.29, 1.82) is 0 Å². The highest BCUT2D eigenvalue weighted by molar-refractivity contribution is 7.00. The molecule has 1 heterocycles. The van der Waals surface area contributed by atoms with Crippen LogP contribution < -0.4 is 5.73 Å². The number of aromatic nitrogens is 2. The maximum Gasteiger partial charge on any atom is 0.112 e. The number of fused-ring (bicyclic) bond motifs is 3. The van der Waals surface area contributed by atoms with Crippen LogP contribution in [0.25, 0.3) is 21.8 Å². The third-order valence-electron chi connectivity index (χ3n) is 2.32. The van der Waals surface area contributed by atoms with Crippen LogP contribution in [0.15, 0.2) is 30.3 Å². The van der Waals surface area contributed by atoms with Crippen molar-refractivity contribution in [1.82, 2.24) is 8.75 Å². The lowest BCUT2D eigenvalue weighted by Gasteiger charge is -2.00. The van der Waals surface area contributed by atoms with Gasteiger partial charge in [-0.1, -0.05) is 12.1 Å². The number of nitrogen functional groups attached to an aromatic ring is 1. The standard InChI is InChI=1S/C10H7N3S/c11-8-3-1-2-7-6(8)4-5-9-10(7)13-14-12-9/h1-5H,11H2. The average molecular weight is 201 g/mol. The molecule has 0 fully saturated rings. The van der Waals surface area contributed by atoms with E-state index in [1.54, 1.807) is 0 Å². The lowest BCUT2D eigenvalue weighted by atomic mass is 10.1. The van der Waals surface area contributed by atoms with Crippen molar-refractivity contribution < 1.29 is 0 Å². The minimum Gasteiger partial charge on any atom is -0.398 e. The van der Waals surface area contributed by atoms with Gasteiger partial charge in [-0.3, -0.25) is 0 Å². The second-order valence-electron chi connectivity index (χ2n) is 3.14. The van der Waals surface area contributed by atoms with Gasteiger partial charge >= 0.3 is 0 Å². The fourth-order valence-corrected chi connectivity index (χ4v) is 2.18. The van der Waals surface area contributed by atoms with Crippen LogP contribution in [0.1, 0.15) is 0 Å². The number of rotatable bonds is 0. The molecule has 3 aromatic rings. The van der Waals surface area contributed by atoms with Crippen LogP contribution >= 0.6 is 11.7 Å². The van der Waals surface area contributed by atoms with E-state index in [0.717, 1.165) is 27.5 Å². The minimum absolute atomic E-state index is 0.789. The van der Waals surface area contributed by atoms with E-state index in [0.29, 0.717) is 0 Å². The Morgan fingerprint density at radius 3 is 2.86 bits per heavy atom. The molecule has 0 unspecified atom stereocenters. The van der Waals surface area contributed by atoms with Crippen LogP contribution in [0.3, 0.4) is 0 Å². The Labute approximate surface area is 84.5 Å². The van der Waals surface area contributed by atoms with E-state index in [2.05, 4.69) is 8.75 Å². The first-order valence-corrected chi connectivity index (χ1v) is 4.99. The van der Waals surface area contributed by atoms with Gasteiger partial charge in [-0.25, -0.2) is 0 Å². The topological polar surface area (TPSA) is 51.8 Å². The Kier molecular flexibility index (Phi) is 1.46. The molecule has 3 nitrogen and oxygen atoms in total.